The van der Waals surface area contributed by atoms with Crippen LogP contribution in [0.2, 0.25) is 0 Å². The molecule has 1 fully saturated rings. The monoisotopic (exact) mass is 440 g/mol. The summed E-state index contributed by atoms with van der Waals surface area (Å²) >= 11 is 0. The minimum atomic E-state index is -0.571. The lowest BCUT2D eigenvalue weighted by molar-refractivity contribution is 0.102. The topological polar surface area (TPSA) is 68.1 Å². The molecule has 170 valence electrons. The van der Waals surface area contributed by atoms with Crippen LogP contribution >= 0.6 is 0 Å². The third-order valence-corrected chi connectivity index (χ3v) is 7.16. The van der Waals surface area contributed by atoms with Gasteiger partial charge in [-0.1, -0.05) is 6.92 Å². The number of halogens is 2. The van der Waals surface area contributed by atoms with E-state index in [0.717, 1.165) is 47.6 Å². The lowest BCUT2D eigenvalue weighted by Gasteiger charge is -2.44. The number of nitrogens with two attached hydrogens (primary N) is 1. The first-order chi connectivity index (χ1) is 15.2. The number of aromatic nitrogens is 1. The summed E-state index contributed by atoms with van der Waals surface area (Å²) in [6.45, 7) is 5.93. The van der Waals surface area contributed by atoms with Crippen molar-refractivity contribution < 1.29 is 13.5 Å². The number of ether oxygens (including phenoxy) is 1. The third-order valence-electron chi connectivity index (χ3n) is 7.16. The van der Waals surface area contributed by atoms with E-state index < -0.39 is 17.0 Å². The van der Waals surface area contributed by atoms with Crippen molar-refractivity contribution in [1.29, 1.82) is 0 Å². The number of nitrogens with one attached hydrogen (secondary N) is 1. The first-order valence-corrected chi connectivity index (χ1v) is 11.3. The highest BCUT2D eigenvalue weighted by atomic mass is 19.1. The van der Waals surface area contributed by atoms with Crippen LogP contribution in [0.5, 0.6) is 5.75 Å². The van der Waals surface area contributed by atoms with Crippen LogP contribution in [0, 0.1) is 25.5 Å². The van der Waals surface area contributed by atoms with Crippen molar-refractivity contribution in [3.05, 3.63) is 75.2 Å². The molecule has 1 aliphatic rings. The van der Waals surface area contributed by atoms with Gasteiger partial charge in [-0.25, -0.2) is 8.78 Å². The second kappa shape index (κ2) is 8.66. The molecule has 0 amide bonds. The summed E-state index contributed by atoms with van der Waals surface area (Å²) < 4.78 is 34.5. The van der Waals surface area contributed by atoms with E-state index in [1.165, 1.54) is 12.1 Å². The van der Waals surface area contributed by atoms with Crippen LogP contribution in [0.3, 0.4) is 0 Å². The van der Waals surface area contributed by atoms with Crippen LogP contribution in [0.25, 0.3) is 10.8 Å². The molecule has 1 aliphatic carbocycles. The summed E-state index contributed by atoms with van der Waals surface area (Å²) in [6, 6.07) is 7.32. The van der Waals surface area contributed by atoms with E-state index in [9.17, 15) is 13.6 Å². The van der Waals surface area contributed by atoms with Crippen molar-refractivity contribution in [2.24, 2.45) is 5.73 Å². The van der Waals surface area contributed by atoms with Gasteiger partial charge in [0, 0.05) is 29.1 Å². The van der Waals surface area contributed by atoms with Gasteiger partial charge >= 0.3 is 0 Å². The minimum Gasteiger partial charge on any atom is -0.490 e. The number of aryl methyl sites for hydroxylation is 2. The molecular formula is C26H30F2N2O2. The van der Waals surface area contributed by atoms with E-state index in [0.29, 0.717) is 23.8 Å². The first-order valence-electron chi connectivity index (χ1n) is 11.3. The summed E-state index contributed by atoms with van der Waals surface area (Å²) in [7, 11) is 0. The molecule has 3 aromatic rings. The van der Waals surface area contributed by atoms with Crippen molar-refractivity contribution in [3.63, 3.8) is 0 Å². The SMILES string of the molecule is CC[C@@H](N)[C@]1(c2cc(F)cc(F)c2)CC[C@@H](Oc2c(C)cc3c(=O)[nH]ccc3c2C)CC1. The Morgan fingerprint density at radius 3 is 2.41 bits per heavy atom. The molecule has 1 atom stereocenters. The molecule has 0 bridgehead atoms. The van der Waals surface area contributed by atoms with E-state index in [4.69, 9.17) is 10.5 Å². The van der Waals surface area contributed by atoms with Gasteiger partial charge in [0.1, 0.15) is 17.4 Å². The Balaban J connectivity index is 1.61. The molecule has 0 unspecified atom stereocenters. The lowest BCUT2D eigenvalue weighted by Crippen LogP contribution is -2.49. The maximum atomic E-state index is 14.0. The van der Waals surface area contributed by atoms with Gasteiger partial charge in [-0.2, -0.15) is 0 Å². The molecule has 6 heteroatoms. The average molecular weight is 441 g/mol. The highest BCUT2D eigenvalue weighted by Gasteiger charge is 2.42. The number of rotatable bonds is 5. The minimum absolute atomic E-state index is 0.0255. The zero-order valence-corrected chi connectivity index (χ0v) is 18.8. The van der Waals surface area contributed by atoms with Gasteiger partial charge in [-0.15, -0.1) is 0 Å². The van der Waals surface area contributed by atoms with Gasteiger partial charge in [0.25, 0.3) is 5.56 Å². The quantitative estimate of drug-likeness (QED) is 0.557. The first kappa shape index (κ1) is 22.5. The molecule has 1 heterocycles. The number of hydrogen-bond acceptors (Lipinski definition) is 3. The molecule has 0 aliphatic heterocycles. The fourth-order valence-corrected chi connectivity index (χ4v) is 5.34. The predicted octanol–water partition coefficient (Wildman–Crippen LogP) is 5.42. The molecule has 4 rings (SSSR count). The van der Waals surface area contributed by atoms with Gasteiger partial charge < -0.3 is 15.5 Å². The highest BCUT2D eigenvalue weighted by Crippen LogP contribution is 2.44. The molecule has 1 saturated carbocycles. The fourth-order valence-electron chi connectivity index (χ4n) is 5.34. The van der Waals surface area contributed by atoms with Crippen molar-refractivity contribution in [1.82, 2.24) is 4.98 Å². The number of H-pyrrole nitrogens is 1. The average Bonchev–Trinajstić information content (AvgIpc) is 2.76. The van der Waals surface area contributed by atoms with E-state index in [1.807, 2.05) is 32.9 Å². The van der Waals surface area contributed by atoms with Crippen LogP contribution in [-0.4, -0.2) is 17.1 Å². The Labute approximate surface area is 186 Å². The van der Waals surface area contributed by atoms with Gasteiger partial charge in [0.05, 0.1) is 6.10 Å². The Kier molecular flexibility index (Phi) is 6.08. The van der Waals surface area contributed by atoms with Crippen LogP contribution in [0.15, 0.2) is 41.3 Å². The normalized spacial score (nSPS) is 22.1. The molecule has 0 radical (unpaired) electrons. The molecule has 2 aromatic carbocycles. The van der Waals surface area contributed by atoms with Crippen LogP contribution in [-0.2, 0) is 5.41 Å². The van der Waals surface area contributed by atoms with E-state index in [1.54, 1.807) is 6.20 Å². The molecule has 3 N–H and O–H groups in total. The van der Waals surface area contributed by atoms with Crippen molar-refractivity contribution in [2.45, 2.75) is 70.4 Å². The molecule has 4 nitrogen and oxygen atoms in total. The largest absolute Gasteiger partial charge is 0.490 e. The zero-order chi connectivity index (χ0) is 23.0. The number of pyridine rings is 1. The molecule has 0 saturated heterocycles. The van der Waals surface area contributed by atoms with Crippen LogP contribution < -0.4 is 16.0 Å². The summed E-state index contributed by atoms with van der Waals surface area (Å²) in [4.78, 5) is 14.9. The van der Waals surface area contributed by atoms with E-state index in [2.05, 4.69) is 4.98 Å². The maximum absolute atomic E-state index is 14.0. The summed E-state index contributed by atoms with van der Waals surface area (Å²) in [5.41, 5.74) is 8.43. The number of benzene rings is 2. The molecular weight excluding hydrogens is 410 g/mol. The van der Waals surface area contributed by atoms with Crippen molar-refractivity contribution in [2.75, 3.05) is 0 Å². The highest BCUT2D eigenvalue weighted by molar-refractivity contribution is 5.87. The summed E-state index contributed by atoms with van der Waals surface area (Å²) in [5.74, 6) is -0.339. The molecule has 0 spiro atoms. The lowest BCUT2D eigenvalue weighted by atomic mass is 9.64. The molecule has 1 aromatic heterocycles. The fraction of sp³-hybridized carbons (Fsp3) is 0.423. The smallest absolute Gasteiger partial charge is 0.255 e. The van der Waals surface area contributed by atoms with Gasteiger partial charge in [-0.3, -0.25) is 4.79 Å². The van der Waals surface area contributed by atoms with Gasteiger partial charge in [0.2, 0.25) is 0 Å². The van der Waals surface area contributed by atoms with E-state index >= 15 is 0 Å². The number of aromatic amines is 1. The van der Waals surface area contributed by atoms with Crippen molar-refractivity contribution >= 4 is 10.8 Å². The van der Waals surface area contributed by atoms with Crippen LogP contribution in [0.4, 0.5) is 8.78 Å². The molecule has 32 heavy (non-hydrogen) atoms. The standard InChI is InChI=1S/C26H30F2N2O2/c1-4-23(29)26(17-12-18(27)14-19(28)13-17)8-5-20(6-9-26)32-24-15(2)11-22-21(16(24)3)7-10-30-25(22)31/h7,10-14,20,23H,4-6,8-9,29H2,1-3H3,(H,30,31)/t20-,23-,26-/m1/s1. The maximum Gasteiger partial charge on any atom is 0.255 e. The van der Waals surface area contributed by atoms with Crippen LogP contribution in [0.1, 0.15) is 55.7 Å². The predicted molar refractivity (Wildman–Crippen MR) is 123 cm³/mol. The van der Waals surface area contributed by atoms with Gasteiger partial charge in [0.15, 0.2) is 0 Å². The Morgan fingerprint density at radius 2 is 1.78 bits per heavy atom. The van der Waals surface area contributed by atoms with Crippen molar-refractivity contribution in [3.8, 4) is 5.75 Å². The number of fused-ring (bicyclic) bond motifs is 1. The Bertz CT molecular complexity index is 1180. The second-order valence-electron chi connectivity index (χ2n) is 9.06. The van der Waals surface area contributed by atoms with E-state index in [-0.39, 0.29) is 17.7 Å². The zero-order valence-electron chi connectivity index (χ0n) is 18.8. The van der Waals surface area contributed by atoms with Gasteiger partial charge in [-0.05, 0) is 92.3 Å². The summed E-state index contributed by atoms with van der Waals surface area (Å²) in [5, 5.41) is 1.53. The second-order valence-corrected chi connectivity index (χ2v) is 9.06. The Hall–Kier alpha value is -2.73. The third kappa shape index (κ3) is 3.92. The Morgan fingerprint density at radius 1 is 1.12 bits per heavy atom. The summed E-state index contributed by atoms with van der Waals surface area (Å²) in [6.07, 6.45) is 5.21. The number of hydrogen-bond donors (Lipinski definition) is 2.